The highest BCUT2D eigenvalue weighted by Crippen LogP contribution is 2.38. The number of hydrogen-bond donors (Lipinski definition) is 1. The highest BCUT2D eigenvalue weighted by molar-refractivity contribution is 6.30. The summed E-state index contributed by atoms with van der Waals surface area (Å²) < 4.78 is 14.9. The van der Waals surface area contributed by atoms with Crippen molar-refractivity contribution in [3.8, 4) is 0 Å². The fourth-order valence-corrected chi connectivity index (χ4v) is 4.96. The molecule has 0 aromatic heterocycles. The zero-order chi connectivity index (χ0) is 27.6. The lowest BCUT2D eigenvalue weighted by molar-refractivity contribution is -0.146. The lowest BCUT2D eigenvalue weighted by atomic mass is 9.85. The van der Waals surface area contributed by atoms with Crippen LogP contribution in [-0.2, 0) is 16.0 Å². The molecule has 1 aliphatic rings. The molecule has 0 saturated heterocycles. The molecule has 8 heteroatoms. The third-order valence-electron chi connectivity index (χ3n) is 7.02. The molecule has 3 aromatic rings. The molecule has 1 N–H and O–H groups in total. The maximum atomic E-state index is 14.9. The Hall–Kier alpha value is -3.71. The van der Waals surface area contributed by atoms with Crippen molar-refractivity contribution in [3.63, 3.8) is 0 Å². The zero-order valence-electron chi connectivity index (χ0n) is 21.6. The molecule has 38 heavy (non-hydrogen) atoms. The van der Waals surface area contributed by atoms with Gasteiger partial charge in [0.1, 0.15) is 5.82 Å². The number of nitrogens with zero attached hydrogens (tertiary/aromatic N) is 2. The fraction of sp³-hybridized carbons (Fsp3) is 0.300. The Labute approximate surface area is 226 Å². The molecule has 0 unspecified atom stereocenters. The Balaban J connectivity index is 1.60. The number of likely N-dealkylation sites (N-methyl/N-ethyl adjacent to an activating group) is 1. The number of carboxylic acid groups (broad SMARTS) is 1. The van der Waals surface area contributed by atoms with Crippen LogP contribution in [-0.4, -0.2) is 36.0 Å². The molecule has 0 radical (unpaired) electrons. The minimum absolute atomic E-state index is 0.000520. The number of para-hydroxylation sites is 1. The normalized spacial score (nSPS) is 15.1. The van der Waals surface area contributed by atoms with Crippen LogP contribution in [0.15, 0.2) is 66.7 Å². The topological polar surface area (TPSA) is 77.9 Å². The van der Waals surface area contributed by atoms with Gasteiger partial charge in [0.05, 0.1) is 11.3 Å². The van der Waals surface area contributed by atoms with Crippen molar-refractivity contribution < 1.29 is 23.9 Å². The first-order valence-corrected chi connectivity index (χ1v) is 12.9. The number of anilines is 2. The van der Waals surface area contributed by atoms with E-state index in [9.17, 15) is 23.9 Å². The van der Waals surface area contributed by atoms with Crippen LogP contribution >= 0.6 is 11.6 Å². The molecule has 0 aliphatic carbocycles. The zero-order valence-corrected chi connectivity index (χ0v) is 22.3. The third-order valence-corrected chi connectivity index (χ3v) is 7.27. The molecule has 0 fully saturated rings. The van der Waals surface area contributed by atoms with Gasteiger partial charge in [-0.1, -0.05) is 35.9 Å². The molecule has 4 rings (SSSR count). The van der Waals surface area contributed by atoms with Gasteiger partial charge in [0, 0.05) is 35.1 Å². The van der Waals surface area contributed by atoms with Crippen LogP contribution in [0.1, 0.15) is 54.6 Å². The summed E-state index contributed by atoms with van der Waals surface area (Å²) in [4.78, 5) is 41.9. The molecule has 1 heterocycles. The average Bonchev–Trinajstić information content (AvgIpc) is 2.90. The number of halogens is 2. The van der Waals surface area contributed by atoms with Crippen LogP contribution in [0.2, 0.25) is 5.02 Å². The van der Waals surface area contributed by atoms with Crippen molar-refractivity contribution in [2.75, 3.05) is 22.9 Å². The second-order valence-electron chi connectivity index (χ2n) is 10.1. The van der Waals surface area contributed by atoms with Crippen molar-refractivity contribution in [3.05, 3.63) is 94.3 Å². The van der Waals surface area contributed by atoms with Gasteiger partial charge in [0.15, 0.2) is 0 Å². The molecule has 2 amide bonds. The summed E-state index contributed by atoms with van der Waals surface area (Å²) in [5.41, 5.74) is 1.36. The summed E-state index contributed by atoms with van der Waals surface area (Å²) in [6.07, 6.45) is 0.416. The van der Waals surface area contributed by atoms with Crippen molar-refractivity contribution in [1.82, 2.24) is 0 Å². The van der Waals surface area contributed by atoms with Gasteiger partial charge in [0.25, 0.3) is 5.91 Å². The van der Waals surface area contributed by atoms with E-state index in [2.05, 4.69) is 0 Å². The van der Waals surface area contributed by atoms with Gasteiger partial charge in [-0.2, -0.15) is 0 Å². The maximum absolute atomic E-state index is 14.9. The predicted molar refractivity (Wildman–Crippen MR) is 146 cm³/mol. The van der Waals surface area contributed by atoms with Crippen LogP contribution in [0, 0.1) is 11.2 Å². The Bertz CT molecular complexity index is 1370. The molecule has 198 valence electrons. The molecular weight excluding hydrogens is 507 g/mol. The number of carbonyl (C=O) groups is 3. The van der Waals surface area contributed by atoms with E-state index in [0.717, 1.165) is 17.3 Å². The van der Waals surface area contributed by atoms with Crippen LogP contribution < -0.4 is 9.80 Å². The molecule has 0 saturated carbocycles. The van der Waals surface area contributed by atoms with Crippen LogP contribution in [0.25, 0.3) is 0 Å². The highest BCUT2D eigenvalue weighted by Gasteiger charge is 2.35. The second kappa shape index (κ2) is 11.0. The van der Waals surface area contributed by atoms with Gasteiger partial charge < -0.3 is 14.9 Å². The molecular formula is C30H30ClFN2O4. The molecule has 1 aliphatic heterocycles. The van der Waals surface area contributed by atoms with Gasteiger partial charge in [-0.15, -0.1) is 0 Å². The summed E-state index contributed by atoms with van der Waals surface area (Å²) in [5.74, 6) is -2.53. The van der Waals surface area contributed by atoms with E-state index in [-0.39, 0.29) is 29.4 Å². The summed E-state index contributed by atoms with van der Waals surface area (Å²) in [5, 5.41) is 9.96. The second-order valence-corrected chi connectivity index (χ2v) is 10.5. The summed E-state index contributed by atoms with van der Waals surface area (Å²) in [6, 6.07) is 18.6. The Morgan fingerprint density at radius 2 is 1.76 bits per heavy atom. The molecule has 0 spiro atoms. The predicted octanol–water partition coefficient (Wildman–Crippen LogP) is 6.32. The number of amides is 2. The van der Waals surface area contributed by atoms with Gasteiger partial charge in [-0.25, -0.2) is 4.39 Å². The van der Waals surface area contributed by atoms with Gasteiger partial charge in [-0.3, -0.25) is 14.4 Å². The van der Waals surface area contributed by atoms with Crippen molar-refractivity contribution in [2.24, 2.45) is 5.41 Å². The first kappa shape index (κ1) is 27.3. The average molecular weight is 537 g/mol. The van der Waals surface area contributed by atoms with E-state index in [4.69, 9.17) is 11.6 Å². The van der Waals surface area contributed by atoms with Gasteiger partial charge in [-0.05, 0) is 87.2 Å². The fourth-order valence-electron chi connectivity index (χ4n) is 4.84. The Morgan fingerprint density at radius 3 is 2.39 bits per heavy atom. The highest BCUT2D eigenvalue weighted by atomic mass is 35.5. The largest absolute Gasteiger partial charge is 0.481 e. The first-order chi connectivity index (χ1) is 18.0. The van der Waals surface area contributed by atoms with E-state index < -0.39 is 23.1 Å². The summed E-state index contributed by atoms with van der Waals surface area (Å²) >= 11 is 6.02. The van der Waals surface area contributed by atoms with E-state index in [1.54, 1.807) is 34.1 Å². The van der Waals surface area contributed by atoms with Crippen LogP contribution in [0.3, 0.4) is 0 Å². The standard InChI is InChI=1S/C30H30ClFN2O4/c1-4-33(22-13-11-21(31)12-14-22)28(36)24-15-16-34(26-8-6-5-7-23(24)26)27(35)19-9-10-20(25(32)17-19)18-30(2,3)29(37)38/h5-14,17,24H,4,15-16,18H2,1-3H3,(H,37,38)/t24-/m0/s1. The number of benzene rings is 3. The molecule has 0 bridgehead atoms. The van der Waals surface area contributed by atoms with Crippen LogP contribution in [0.4, 0.5) is 15.8 Å². The molecule has 6 nitrogen and oxygen atoms in total. The van der Waals surface area contributed by atoms with E-state index in [0.29, 0.717) is 30.2 Å². The van der Waals surface area contributed by atoms with E-state index >= 15 is 0 Å². The Morgan fingerprint density at radius 1 is 1.08 bits per heavy atom. The number of rotatable bonds is 7. The molecule has 1 atom stereocenters. The van der Waals surface area contributed by atoms with Crippen molar-refractivity contribution in [1.29, 1.82) is 0 Å². The SMILES string of the molecule is CCN(C(=O)[C@H]1CCN(C(=O)c2ccc(CC(C)(C)C(=O)O)c(F)c2)c2ccccc21)c1ccc(Cl)cc1. The lowest BCUT2D eigenvalue weighted by Crippen LogP contribution is -2.42. The number of carbonyl (C=O) groups excluding carboxylic acids is 2. The van der Waals surface area contributed by atoms with E-state index in [1.807, 2.05) is 31.2 Å². The number of carboxylic acids is 1. The van der Waals surface area contributed by atoms with Crippen molar-refractivity contribution >= 4 is 40.8 Å². The van der Waals surface area contributed by atoms with Gasteiger partial charge in [0.2, 0.25) is 5.91 Å². The number of fused-ring (bicyclic) bond motifs is 1. The van der Waals surface area contributed by atoms with Crippen LogP contribution in [0.5, 0.6) is 0 Å². The third kappa shape index (κ3) is 5.43. The Kier molecular flexibility index (Phi) is 7.88. The quantitative estimate of drug-likeness (QED) is 0.383. The monoisotopic (exact) mass is 536 g/mol. The van der Waals surface area contributed by atoms with Crippen molar-refractivity contribution in [2.45, 2.75) is 39.5 Å². The van der Waals surface area contributed by atoms with Gasteiger partial charge >= 0.3 is 5.97 Å². The minimum Gasteiger partial charge on any atom is -0.481 e. The number of aliphatic carboxylic acids is 1. The maximum Gasteiger partial charge on any atom is 0.309 e. The summed E-state index contributed by atoms with van der Waals surface area (Å²) in [6.45, 7) is 5.74. The smallest absolute Gasteiger partial charge is 0.309 e. The first-order valence-electron chi connectivity index (χ1n) is 12.5. The van der Waals surface area contributed by atoms with E-state index in [1.165, 1.54) is 26.0 Å². The minimum atomic E-state index is -1.14. The lowest BCUT2D eigenvalue weighted by Gasteiger charge is -2.36. The molecule has 3 aromatic carbocycles. The summed E-state index contributed by atoms with van der Waals surface area (Å²) in [7, 11) is 0. The number of hydrogen-bond acceptors (Lipinski definition) is 3.